The van der Waals surface area contributed by atoms with Gasteiger partial charge in [0, 0.05) is 0 Å². The Bertz CT molecular complexity index is 7.51. The van der Waals surface area contributed by atoms with Crippen LogP contribution in [0.15, 0.2) is 0 Å². The molecule has 0 aliphatic rings. The first kappa shape index (κ1) is 69.0. The van der Waals surface area contributed by atoms with E-state index < -0.39 is 0 Å². The Hall–Kier alpha value is 2.77. The van der Waals surface area contributed by atoms with Gasteiger partial charge in [0.05, 0.1) is 0 Å². The zero-order chi connectivity index (χ0) is 0. The smallest absolute Gasteiger partial charge is 1.00 e. The van der Waals surface area contributed by atoms with Gasteiger partial charge >= 0.3 is 37.7 Å². The van der Waals surface area contributed by atoms with Gasteiger partial charge in [-0.05, 0) is 0 Å². The molecule has 0 heterocycles. The standard InChI is InChI=1S/Ca.4ClH.H2S/h;4*1H;1H2/q+2;;;;;/p-2. The molecule has 40 valence electrons. The average molecular weight is 218 g/mol. The Morgan fingerprint density at radius 2 is 0.667 bits per heavy atom. The summed E-state index contributed by atoms with van der Waals surface area (Å²) in [4.78, 5) is 0. The van der Waals surface area contributed by atoms with E-state index in [1.54, 1.807) is 0 Å². The SMILES string of the molecule is Cl.Cl.S.[Ca+2].[Cl-].[Cl-]. The van der Waals surface area contributed by atoms with Crippen LogP contribution in [0.2, 0.25) is 0 Å². The molecule has 0 nitrogen and oxygen atoms in total. The molecule has 0 aliphatic carbocycles. The second-order valence-electron chi connectivity index (χ2n) is 0. The second-order valence-corrected chi connectivity index (χ2v) is 0. The van der Waals surface area contributed by atoms with Crippen LogP contribution in [0, 0.1) is 0 Å². The number of hydrogen-bond donors (Lipinski definition) is 0. The third-order valence-corrected chi connectivity index (χ3v) is 0. The fourth-order valence-electron chi connectivity index (χ4n) is 0. The maximum Gasteiger partial charge on any atom is 2.00 e. The Morgan fingerprint density at radius 3 is 0.667 bits per heavy atom. The van der Waals surface area contributed by atoms with Gasteiger partial charge in [0.1, 0.15) is 0 Å². The van der Waals surface area contributed by atoms with E-state index in [1.807, 2.05) is 0 Å². The van der Waals surface area contributed by atoms with Crippen LogP contribution in [0.1, 0.15) is 0 Å². The van der Waals surface area contributed by atoms with Crippen molar-refractivity contribution in [3.05, 3.63) is 0 Å². The molecule has 0 radical (unpaired) electrons. The molecule has 0 rings (SSSR count). The van der Waals surface area contributed by atoms with E-state index >= 15 is 0 Å². The van der Waals surface area contributed by atoms with Crippen LogP contribution in [0.25, 0.3) is 0 Å². The van der Waals surface area contributed by atoms with E-state index in [4.69, 9.17) is 0 Å². The molecule has 0 spiro atoms. The summed E-state index contributed by atoms with van der Waals surface area (Å²) in [5, 5.41) is 0. The predicted octanol–water partition coefficient (Wildman–Crippen LogP) is -5.42. The molecule has 0 N–H and O–H groups in total. The Balaban J connectivity index is 0. The van der Waals surface area contributed by atoms with Crippen LogP contribution in [-0.4, -0.2) is 37.7 Å². The van der Waals surface area contributed by atoms with Gasteiger partial charge in [-0.25, -0.2) is 0 Å². The molecule has 0 bridgehead atoms. The minimum absolute atomic E-state index is 0. The minimum atomic E-state index is 0. The molecular weight excluding hydrogens is 214 g/mol. The van der Waals surface area contributed by atoms with Crippen LogP contribution in [0.3, 0.4) is 0 Å². The molecule has 0 aromatic carbocycles. The first-order valence-corrected chi connectivity index (χ1v) is 0. The van der Waals surface area contributed by atoms with Crippen molar-refractivity contribution in [2.24, 2.45) is 0 Å². The number of halogens is 4. The summed E-state index contributed by atoms with van der Waals surface area (Å²) in [6.07, 6.45) is 0. The average Bonchev–Trinajstić information content (AvgIpc) is 0. The van der Waals surface area contributed by atoms with Gasteiger partial charge in [-0.2, -0.15) is 13.5 Å². The van der Waals surface area contributed by atoms with Crippen LogP contribution < -0.4 is 24.8 Å². The van der Waals surface area contributed by atoms with E-state index in [1.165, 1.54) is 0 Å². The minimum Gasteiger partial charge on any atom is -1.00 e. The van der Waals surface area contributed by atoms with Crippen LogP contribution in [0.5, 0.6) is 0 Å². The van der Waals surface area contributed by atoms with Gasteiger partial charge in [-0.15, -0.1) is 24.8 Å². The molecule has 0 aromatic heterocycles. The Morgan fingerprint density at radius 1 is 0.667 bits per heavy atom. The Labute approximate surface area is 99.3 Å². The van der Waals surface area contributed by atoms with Gasteiger partial charge in [-0.3, -0.25) is 0 Å². The van der Waals surface area contributed by atoms with E-state index in [2.05, 4.69) is 0 Å². The van der Waals surface area contributed by atoms with Crippen LogP contribution in [0.4, 0.5) is 0 Å². The Kier molecular flexibility index (Phi) is 534. The summed E-state index contributed by atoms with van der Waals surface area (Å²) in [7, 11) is 0. The summed E-state index contributed by atoms with van der Waals surface area (Å²) < 4.78 is 0. The first-order chi connectivity index (χ1) is 0. The molecule has 0 amide bonds. The summed E-state index contributed by atoms with van der Waals surface area (Å²) in [6.45, 7) is 0. The third kappa shape index (κ3) is 29.4. The molecule has 0 aliphatic heterocycles. The molecule has 0 saturated carbocycles. The molecular formula is H4CaCl4S. The first-order valence-electron chi connectivity index (χ1n) is 0. The molecule has 0 saturated heterocycles. The van der Waals surface area contributed by atoms with E-state index in [0.29, 0.717) is 0 Å². The van der Waals surface area contributed by atoms with Gasteiger partial charge in [0.15, 0.2) is 0 Å². The molecule has 6 heavy (non-hydrogen) atoms. The topological polar surface area (TPSA) is 0 Å². The van der Waals surface area contributed by atoms with E-state index in [0.717, 1.165) is 0 Å². The number of hydrogen-bond acceptors (Lipinski definition) is 0. The normalized spacial score (nSPS) is 0. The molecule has 6 heteroatoms. The summed E-state index contributed by atoms with van der Waals surface area (Å²) in [6, 6.07) is 0. The van der Waals surface area contributed by atoms with Crippen molar-refractivity contribution in [2.75, 3.05) is 0 Å². The van der Waals surface area contributed by atoms with E-state index in [-0.39, 0.29) is 101 Å². The quantitative estimate of drug-likeness (QED) is 0.356. The summed E-state index contributed by atoms with van der Waals surface area (Å²) in [5.74, 6) is 0. The third-order valence-electron chi connectivity index (χ3n) is 0. The fourth-order valence-corrected chi connectivity index (χ4v) is 0. The van der Waals surface area contributed by atoms with Gasteiger partial charge in [0.25, 0.3) is 0 Å². The van der Waals surface area contributed by atoms with Gasteiger partial charge < -0.3 is 24.8 Å². The summed E-state index contributed by atoms with van der Waals surface area (Å²) >= 11 is 0. The molecule has 0 aromatic rings. The van der Waals surface area contributed by atoms with Crippen molar-refractivity contribution >= 4 is 76.0 Å². The zero-order valence-corrected chi connectivity index (χ0v) is 9.13. The monoisotopic (exact) mass is 216 g/mol. The van der Waals surface area contributed by atoms with Crippen LogP contribution in [-0.2, 0) is 0 Å². The maximum atomic E-state index is 0. The van der Waals surface area contributed by atoms with Crippen molar-refractivity contribution in [2.45, 2.75) is 0 Å². The van der Waals surface area contributed by atoms with Crippen LogP contribution >= 0.6 is 38.3 Å². The van der Waals surface area contributed by atoms with E-state index in [9.17, 15) is 0 Å². The van der Waals surface area contributed by atoms with Crippen molar-refractivity contribution in [3.63, 3.8) is 0 Å². The summed E-state index contributed by atoms with van der Waals surface area (Å²) in [5.41, 5.74) is 0. The second kappa shape index (κ2) is 46.4. The molecule has 0 atom stereocenters. The largest absolute Gasteiger partial charge is 2.00 e. The van der Waals surface area contributed by atoms with Gasteiger partial charge in [-0.1, -0.05) is 0 Å². The van der Waals surface area contributed by atoms with Crippen molar-refractivity contribution < 1.29 is 24.8 Å². The maximum absolute atomic E-state index is 0. The van der Waals surface area contributed by atoms with Crippen molar-refractivity contribution in [1.82, 2.24) is 0 Å². The van der Waals surface area contributed by atoms with Crippen molar-refractivity contribution in [3.8, 4) is 0 Å². The van der Waals surface area contributed by atoms with Gasteiger partial charge in [0.2, 0.25) is 0 Å². The molecule has 0 fully saturated rings. The molecule has 0 unspecified atom stereocenters. The number of rotatable bonds is 0. The predicted molar refractivity (Wildman–Crippen MR) is 30.6 cm³/mol. The van der Waals surface area contributed by atoms with Crippen molar-refractivity contribution in [1.29, 1.82) is 0 Å². The zero-order valence-electron chi connectivity index (χ0n) is 2.78. The fraction of sp³-hybridized carbons (Fsp3) is 0.